The van der Waals surface area contributed by atoms with E-state index in [9.17, 15) is 4.79 Å². The zero-order valence-corrected chi connectivity index (χ0v) is 21.8. The van der Waals surface area contributed by atoms with E-state index in [1.807, 2.05) is 42.5 Å². The van der Waals surface area contributed by atoms with Gasteiger partial charge in [0, 0.05) is 37.2 Å². The lowest BCUT2D eigenvalue weighted by molar-refractivity contribution is 0.150. The van der Waals surface area contributed by atoms with E-state index >= 15 is 0 Å². The molecule has 0 bridgehead atoms. The average Bonchev–Trinajstić information content (AvgIpc) is 3.40. The summed E-state index contributed by atoms with van der Waals surface area (Å²) in [4.78, 5) is 18.5. The van der Waals surface area contributed by atoms with E-state index in [0.29, 0.717) is 62.0 Å². The van der Waals surface area contributed by atoms with Crippen molar-refractivity contribution in [1.82, 2.24) is 30.1 Å². The number of hydrogen-bond acceptors (Lipinski definition) is 9. The zero-order chi connectivity index (χ0) is 26.5. The second-order valence-corrected chi connectivity index (χ2v) is 9.14. The van der Waals surface area contributed by atoms with Crippen LogP contribution in [-0.4, -0.2) is 64.1 Å². The van der Waals surface area contributed by atoms with Gasteiger partial charge in [-0.05, 0) is 46.7 Å². The van der Waals surface area contributed by atoms with Crippen molar-refractivity contribution in [2.24, 2.45) is 0 Å². The van der Waals surface area contributed by atoms with Crippen LogP contribution in [0.1, 0.15) is 36.3 Å². The normalized spacial score (nSPS) is 13.7. The summed E-state index contributed by atoms with van der Waals surface area (Å²) in [6, 6.07) is 13.5. The minimum atomic E-state index is -0.150. The van der Waals surface area contributed by atoms with Gasteiger partial charge in [-0.25, -0.2) is 4.68 Å². The first-order valence-electron chi connectivity index (χ1n) is 12.7. The Morgan fingerprint density at radius 1 is 1.08 bits per heavy atom. The Morgan fingerprint density at radius 3 is 2.55 bits per heavy atom. The number of nitrogens with one attached hydrogen (secondary N) is 1. The predicted molar refractivity (Wildman–Crippen MR) is 141 cm³/mol. The lowest BCUT2D eigenvalue weighted by Crippen LogP contribution is -2.32. The molecule has 0 spiro atoms. The van der Waals surface area contributed by atoms with Crippen molar-refractivity contribution in [3.05, 3.63) is 69.8 Å². The van der Waals surface area contributed by atoms with E-state index in [1.165, 1.54) is 0 Å². The number of nitrogens with zero attached hydrogens (tertiary/aromatic N) is 5. The predicted octanol–water partition coefficient (Wildman–Crippen LogP) is 3.09. The highest BCUT2D eigenvalue weighted by atomic mass is 16.6. The molecule has 0 saturated carbocycles. The fraction of sp³-hybridized carbons (Fsp3) is 0.407. The number of rotatable bonds is 11. The van der Waals surface area contributed by atoms with E-state index in [0.717, 1.165) is 28.9 Å². The van der Waals surface area contributed by atoms with E-state index in [1.54, 1.807) is 18.9 Å². The quantitative estimate of drug-likeness (QED) is 0.318. The fourth-order valence-electron chi connectivity index (χ4n) is 4.76. The van der Waals surface area contributed by atoms with Crippen molar-refractivity contribution >= 4 is 10.9 Å². The number of aromatic nitrogens is 5. The fourth-order valence-corrected chi connectivity index (χ4v) is 4.76. The average molecular weight is 521 g/mol. The monoisotopic (exact) mass is 520 g/mol. The van der Waals surface area contributed by atoms with E-state index in [4.69, 9.17) is 18.9 Å². The minimum Gasteiger partial charge on any atom is -0.497 e. The Balaban J connectivity index is 1.51. The van der Waals surface area contributed by atoms with Crippen LogP contribution in [0.5, 0.6) is 17.2 Å². The Kier molecular flexibility index (Phi) is 7.85. The summed E-state index contributed by atoms with van der Waals surface area (Å²) >= 11 is 0. The third-order valence-electron chi connectivity index (χ3n) is 6.69. The van der Waals surface area contributed by atoms with Gasteiger partial charge < -0.3 is 23.9 Å². The number of hydrogen-bond donors (Lipinski definition) is 1. The van der Waals surface area contributed by atoms with E-state index in [2.05, 4.69) is 32.3 Å². The summed E-state index contributed by atoms with van der Waals surface area (Å²) in [5, 5.41) is 13.4. The van der Waals surface area contributed by atoms with Crippen molar-refractivity contribution in [3.8, 4) is 17.2 Å². The van der Waals surface area contributed by atoms with Crippen LogP contribution in [0.2, 0.25) is 0 Å². The molecule has 4 aromatic rings. The standard InChI is InChI=1S/C27H32N6O5/c1-4-23(26-29-30-31-33(26)9-10-35-2)32(16-18-5-7-21(36-3)8-6-18)17-20-13-19-14-24-25(38-12-11-37-24)15-22(19)28-27(20)34/h5-8,13-15,23H,4,9-12,16-17H2,1-3H3,(H,28,34)/t23-/m0/s1. The number of aromatic amines is 1. The van der Waals surface area contributed by atoms with Crippen LogP contribution in [-0.2, 0) is 24.4 Å². The summed E-state index contributed by atoms with van der Waals surface area (Å²) in [5.74, 6) is 2.84. The number of pyridine rings is 1. The molecule has 0 radical (unpaired) electrons. The number of H-pyrrole nitrogens is 1. The molecule has 1 atom stereocenters. The zero-order valence-electron chi connectivity index (χ0n) is 21.8. The van der Waals surface area contributed by atoms with Crippen molar-refractivity contribution in [3.63, 3.8) is 0 Å². The van der Waals surface area contributed by atoms with Crippen LogP contribution in [0.3, 0.4) is 0 Å². The van der Waals surface area contributed by atoms with Gasteiger partial charge in [0.05, 0.1) is 31.8 Å². The number of benzene rings is 2. The molecule has 11 nitrogen and oxygen atoms in total. The van der Waals surface area contributed by atoms with Gasteiger partial charge in [-0.2, -0.15) is 0 Å². The molecular weight excluding hydrogens is 488 g/mol. The van der Waals surface area contributed by atoms with Gasteiger partial charge in [-0.3, -0.25) is 9.69 Å². The van der Waals surface area contributed by atoms with Crippen LogP contribution < -0.4 is 19.8 Å². The number of tetrazole rings is 1. The van der Waals surface area contributed by atoms with E-state index in [-0.39, 0.29) is 11.6 Å². The number of methoxy groups -OCH3 is 2. The van der Waals surface area contributed by atoms with Gasteiger partial charge in [-0.15, -0.1) is 5.10 Å². The minimum absolute atomic E-state index is 0.140. The van der Waals surface area contributed by atoms with Crippen LogP contribution in [0.25, 0.3) is 10.9 Å². The van der Waals surface area contributed by atoms with Crippen molar-refractivity contribution in [1.29, 1.82) is 0 Å². The van der Waals surface area contributed by atoms with Gasteiger partial charge >= 0.3 is 0 Å². The molecular formula is C27H32N6O5. The third kappa shape index (κ3) is 5.48. The highest BCUT2D eigenvalue weighted by Crippen LogP contribution is 2.34. The van der Waals surface area contributed by atoms with Crippen LogP contribution in [0.4, 0.5) is 0 Å². The SMILES string of the molecule is CC[C@@H](c1nnnn1CCOC)N(Cc1ccc(OC)cc1)Cc1cc2cc3c(cc2[nH]c1=O)OCCO3. The molecule has 1 aliphatic heterocycles. The maximum Gasteiger partial charge on any atom is 0.252 e. The molecule has 1 aliphatic rings. The summed E-state index contributed by atoms with van der Waals surface area (Å²) in [7, 11) is 3.30. The molecule has 0 saturated heterocycles. The lowest BCUT2D eigenvalue weighted by atomic mass is 10.1. The smallest absolute Gasteiger partial charge is 0.252 e. The molecule has 38 heavy (non-hydrogen) atoms. The molecule has 1 N–H and O–H groups in total. The first kappa shape index (κ1) is 25.7. The highest BCUT2D eigenvalue weighted by molar-refractivity contribution is 5.83. The summed E-state index contributed by atoms with van der Waals surface area (Å²) in [5.41, 5.74) is 2.28. The summed E-state index contributed by atoms with van der Waals surface area (Å²) in [6.45, 7) is 5.08. The molecule has 2 aromatic carbocycles. The summed E-state index contributed by atoms with van der Waals surface area (Å²) in [6.07, 6.45) is 0.744. The lowest BCUT2D eigenvalue weighted by Gasteiger charge is -2.30. The second kappa shape index (κ2) is 11.6. The summed E-state index contributed by atoms with van der Waals surface area (Å²) < 4.78 is 23.8. The first-order chi connectivity index (χ1) is 18.6. The Labute approximate surface area is 220 Å². The number of ether oxygens (including phenoxy) is 4. The molecule has 200 valence electrons. The van der Waals surface area contributed by atoms with Crippen molar-refractivity contribution in [2.75, 3.05) is 34.0 Å². The highest BCUT2D eigenvalue weighted by Gasteiger charge is 2.26. The van der Waals surface area contributed by atoms with Crippen LogP contribution in [0, 0.1) is 0 Å². The van der Waals surface area contributed by atoms with Crippen LogP contribution in [0.15, 0.2) is 47.3 Å². The van der Waals surface area contributed by atoms with Crippen LogP contribution >= 0.6 is 0 Å². The Morgan fingerprint density at radius 2 is 1.84 bits per heavy atom. The molecule has 0 amide bonds. The maximum absolute atomic E-state index is 13.2. The van der Waals surface area contributed by atoms with Gasteiger partial charge in [0.2, 0.25) is 0 Å². The topological polar surface area (TPSA) is 117 Å². The largest absolute Gasteiger partial charge is 0.497 e. The second-order valence-electron chi connectivity index (χ2n) is 9.14. The first-order valence-corrected chi connectivity index (χ1v) is 12.7. The van der Waals surface area contributed by atoms with E-state index < -0.39 is 0 Å². The maximum atomic E-state index is 13.2. The van der Waals surface area contributed by atoms with Gasteiger partial charge in [0.1, 0.15) is 19.0 Å². The van der Waals surface area contributed by atoms with Gasteiger partial charge in [0.15, 0.2) is 17.3 Å². The molecule has 11 heteroatoms. The van der Waals surface area contributed by atoms with Crippen molar-refractivity contribution in [2.45, 2.75) is 39.0 Å². The molecule has 0 unspecified atom stereocenters. The molecule has 3 heterocycles. The molecule has 0 fully saturated rings. The number of fused-ring (bicyclic) bond motifs is 2. The molecule has 0 aliphatic carbocycles. The molecule has 5 rings (SSSR count). The van der Waals surface area contributed by atoms with Gasteiger partial charge in [-0.1, -0.05) is 19.1 Å². The Hall–Kier alpha value is -3.96. The van der Waals surface area contributed by atoms with Crippen molar-refractivity contribution < 1.29 is 18.9 Å². The molecule has 2 aromatic heterocycles. The third-order valence-corrected chi connectivity index (χ3v) is 6.69. The Bertz CT molecular complexity index is 1430. The van der Waals surface area contributed by atoms with Gasteiger partial charge in [0.25, 0.3) is 5.56 Å².